The highest BCUT2D eigenvalue weighted by Crippen LogP contribution is 2.25. The molecule has 0 bridgehead atoms. The van der Waals surface area contributed by atoms with Gasteiger partial charge in [-0.2, -0.15) is 0 Å². The summed E-state index contributed by atoms with van der Waals surface area (Å²) in [5, 5.41) is 7.58. The second-order valence-electron chi connectivity index (χ2n) is 3.48. The Morgan fingerprint density at radius 1 is 1.55 bits per heavy atom. The van der Waals surface area contributed by atoms with E-state index in [1.54, 1.807) is 0 Å². The summed E-state index contributed by atoms with van der Waals surface area (Å²) in [6.07, 6.45) is 3.71. The van der Waals surface area contributed by atoms with Crippen LogP contribution < -0.4 is 0 Å². The molecule has 2 nitrogen and oxygen atoms in total. The van der Waals surface area contributed by atoms with E-state index >= 15 is 0 Å². The van der Waals surface area contributed by atoms with Crippen LogP contribution in [0.2, 0.25) is 0 Å². The molecule has 0 radical (unpaired) electrons. The minimum atomic E-state index is 0.595. The number of rotatable bonds is 1. The third kappa shape index (κ3) is 1.55. The Kier molecular flexibility index (Phi) is 2.53. The van der Waals surface area contributed by atoms with Crippen LogP contribution in [0.4, 0.5) is 0 Å². The maximum absolute atomic E-state index is 7.58. The van der Waals surface area contributed by atoms with Gasteiger partial charge in [-0.1, -0.05) is 6.92 Å². The van der Waals surface area contributed by atoms with Gasteiger partial charge in [0.05, 0.1) is 5.84 Å². The molecule has 1 aliphatic rings. The highest BCUT2D eigenvalue weighted by Gasteiger charge is 2.28. The van der Waals surface area contributed by atoms with Crippen molar-refractivity contribution < 1.29 is 0 Å². The van der Waals surface area contributed by atoms with E-state index in [1.165, 1.54) is 19.3 Å². The Bertz CT molecular complexity index is 154. The second kappa shape index (κ2) is 3.24. The van der Waals surface area contributed by atoms with Gasteiger partial charge in [0, 0.05) is 12.1 Å². The lowest BCUT2D eigenvalue weighted by Gasteiger charge is -2.28. The van der Waals surface area contributed by atoms with Gasteiger partial charge in [-0.15, -0.1) is 0 Å². The number of nitrogens with zero attached hydrogens (tertiary/aromatic N) is 1. The quantitative estimate of drug-likeness (QED) is 0.455. The fourth-order valence-electron chi connectivity index (χ4n) is 2.08. The zero-order chi connectivity index (χ0) is 8.43. The molecule has 0 aromatic rings. The average molecular weight is 154 g/mol. The molecule has 0 amide bonds. The maximum Gasteiger partial charge on any atom is 0.0930 e. The van der Waals surface area contributed by atoms with E-state index < -0.39 is 0 Å². The average Bonchev–Trinajstić information content (AvgIpc) is 2.30. The van der Waals surface area contributed by atoms with E-state index in [2.05, 4.69) is 18.7 Å². The Labute approximate surface area is 69.1 Å². The molecule has 64 valence electrons. The summed E-state index contributed by atoms with van der Waals surface area (Å²) >= 11 is 0. The van der Waals surface area contributed by atoms with Gasteiger partial charge in [-0.25, -0.2) is 0 Å². The zero-order valence-electron chi connectivity index (χ0n) is 7.72. The molecule has 0 aromatic heterocycles. The molecular weight excluding hydrogens is 136 g/mol. The molecule has 0 aliphatic carbocycles. The van der Waals surface area contributed by atoms with Crippen LogP contribution in [0.15, 0.2) is 0 Å². The van der Waals surface area contributed by atoms with Crippen LogP contribution in [0.1, 0.15) is 40.0 Å². The summed E-state index contributed by atoms with van der Waals surface area (Å²) in [5.41, 5.74) is 0. The first-order valence-corrected chi connectivity index (χ1v) is 4.50. The molecule has 0 spiro atoms. The molecular formula is C9H18N2. The SMILES string of the molecule is CCC1CCC(C)N1C(C)=N. The van der Waals surface area contributed by atoms with Crippen LogP contribution >= 0.6 is 0 Å². The number of amidine groups is 1. The van der Waals surface area contributed by atoms with E-state index in [-0.39, 0.29) is 0 Å². The van der Waals surface area contributed by atoms with E-state index in [9.17, 15) is 0 Å². The molecule has 1 aliphatic heterocycles. The van der Waals surface area contributed by atoms with Crippen molar-refractivity contribution in [2.45, 2.75) is 52.1 Å². The number of likely N-dealkylation sites (tertiary alicyclic amines) is 1. The van der Waals surface area contributed by atoms with Crippen molar-refractivity contribution in [3.8, 4) is 0 Å². The van der Waals surface area contributed by atoms with Crippen molar-refractivity contribution in [3.05, 3.63) is 0 Å². The number of hydrogen-bond acceptors (Lipinski definition) is 1. The predicted octanol–water partition coefficient (Wildman–Crippen LogP) is 2.25. The summed E-state index contributed by atoms with van der Waals surface area (Å²) in [7, 11) is 0. The third-order valence-corrected chi connectivity index (χ3v) is 2.64. The van der Waals surface area contributed by atoms with Crippen molar-refractivity contribution in [1.82, 2.24) is 4.90 Å². The topological polar surface area (TPSA) is 27.1 Å². The molecule has 11 heavy (non-hydrogen) atoms. The molecule has 2 atom stereocenters. The van der Waals surface area contributed by atoms with Gasteiger partial charge in [0.15, 0.2) is 0 Å². The van der Waals surface area contributed by atoms with Crippen molar-refractivity contribution in [1.29, 1.82) is 5.41 Å². The summed E-state index contributed by atoms with van der Waals surface area (Å²) in [6.45, 7) is 6.32. The van der Waals surface area contributed by atoms with E-state index in [1.807, 2.05) is 6.92 Å². The highest BCUT2D eigenvalue weighted by molar-refractivity contribution is 5.77. The van der Waals surface area contributed by atoms with Crippen molar-refractivity contribution in [2.24, 2.45) is 0 Å². The summed E-state index contributed by atoms with van der Waals surface area (Å²) in [6, 6.07) is 1.24. The summed E-state index contributed by atoms with van der Waals surface area (Å²) in [5.74, 6) is 0.738. The summed E-state index contributed by atoms with van der Waals surface area (Å²) < 4.78 is 0. The van der Waals surface area contributed by atoms with Crippen molar-refractivity contribution in [3.63, 3.8) is 0 Å². The molecule has 1 saturated heterocycles. The molecule has 0 saturated carbocycles. The molecule has 1 fully saturated rings. The largest absolute Gasteiger partial charge is 0.355 e. The highest BCUT2D eigenvalue weighted by atomic mass is 15.2. The van der Waals surface area contributed by atoms with Gasteiger partial charge in [0.25, 0.3) is 0 Å². The van der Waals surface area contributed by atoms with E-state index in [0.29, 0.717) is 12.1 Å². The van der Waals surface area contributed by atoms with Crippen molar-refractivity contribution >= 4 is 5.84 Å². The van der Waals surface area contributed by atoms with Crippen LogP contribution in [0.5, 0.6) is 0 Å². The summed E-state index contributed by atoms with van der Waals surface area (Å²) in [4.78, 5) is 2.25. The van der Waals surface area contributed by atoms with Crippen LogP contribution in [0, 0.1) is 5.41 Å². The monoisotopic (exact) mass is 154 g/mol. The molecule has 2 unspecified atom stereocenters. The Hall–Kier alpha value is -0.530. The molecule has 1 N–H and O–H groups in total. The van der Waals surface area contributed by atoms with Crippen LogP contribution in [0.25, 0.3) is 0 Å². The molecule has 2 heteroatoms. The fraction of sp³-hybridized carbons (Fsp3) is 0.889. The molecule has 1 heterocycles. The van der Waals surface area contributed by atoms with Gasteiger partial charge in [-0.3, -0.25) is 5.41 Å². The Morgan fingerprint density at radius 3 is 2.55 bits per heavy atom. The Morgan fingerprint density at radius 2 is 2.18 bits per heavy atom. The lowest BCUT2D eigenvalue weighted by Crippen LogP contribution is -2.37. The second-order valence-corrected chi connectivity index (χ2v) is 3.48. The standard InChI is InChI=1S/C9H18N2/c1-4-9-6-5-7(2)11(9)8(3)10/h7,9-10H,4-6H2,1-3H3. The minimum Gasteiger partial charge on any atom is -0.355 e. The Balaban J connectivity index is 2.63. The van der Waals surface area contributed by atoms with Crippen molar-refractivity contribution in [2.75, 3.05) is 0 Å². The maximum atomic E-state index is 7.58. The fourth-order valence-corrected chi connectivity index (χ4v) is 2.08. The normalized spacial score (nSPS) is 31.0. The van der Waals surface area contributed by atoms with E-state index in [4.69, 9.17) is 5.41 Å². The predicted molar refractivity (Wildman–Crippen MR) is 48.0 cm³/mol. The molecule has 1 rings (SSSR count). The van der Waals surface area contributed by atoms with Crippen LogP contribution in [0.3, 0.4) is 0 Å². The number of nitrogens with one attached hydrogen (secondary N) is 1. The minimum absolute atomic E-state index is 0.595. The van der Waals surface area contributed by atoms with Gasteiger partial charge >= 0.3 is 0 Å². The van der Waals surface area contributed by atoms with Crippen LogP contribution in [-0.2, 0) is 0 Å². The zero-order valence-corrected chi connectivity index (χ0v) is 7.72. The first kappa shape index (κ1) is 8.57. The lowest BCUT2D eigenvalue weighted by molar-refractivity contribution is 0.317. The smallest absolute Gasteiger partial charge is 0.0930 e. The van der Waals surface area contributed by atoms with Gasteiger partial charge in [-0.05, 0) is 33.1 Å². The van der Waals surface area contributed by atoms with E-state index in [0.717, 1.165) is 5.84 Å². The number of hydrogen-bond donors (Lipinski definition) is 1. The van der Waals surface area contributed by atoms with Gasteiger partial charge < -0.3 is 4.90 Å². The molecule has 0 aromatic carbocycles. The lowest BCUT2D eigenvalue weighted by atomic mass is 10.1. The first-order valence-electron chi connectivity index (χ1n) is 4.50. The van der Waals surface area contributed by atoms with Gasteiger partial charge in [0.2, 0.25) is 0 Å². The first-order chi connectivity index (χ1) is 5.16. The third-order valence-electron chi connectivity index (χ3n) is 2.64. The van der Waals surface area contributed by atoms with Crippen LogP contribution in [-0.4, -0.2) is 22.8 Å². The van der Waals surface area contributed by atoms with Gasteiger partial charge in [0.1, 0.15) is 0 Å².